The Morgan fingerprint density at radius 3 is 2.67 bits per heavy atom. The molecule has 0 aliphatic rings. The topological polar surface area (TPSA) is 84.1 Å². The predicted molar refractivity (Wildman–Crippen MR) is 72.4 cm³/mol. The predicted octanol–water partition coefficient (Wildman–Crippen LogP) is 2.75. The van der Waals surface area contributed by atoms with Gasteiger partial charge in [-0.1, -0.05) is 6.07 Å². The molecular weight excluding hydrogens is 252 g/mol. The summed E-state index contributed by atoms with van der Waals surface area (Å²) in [5.41, 5.74) is 1.52. The lowest BCUT2D eigenvalue weighted by atomic mass is 10.1. The molecule has 1 N–H and O–H groups in total. The zero-order valence-corrected chi connectivity index (χ0v) is 11.0. The highest BCUT2D eigenvalue weighted by molar-refractivity contribution is 8.14. The number of nitro benzene ring substituents is 1. The number of nitrogens with one attached hydrogen (secondary N) is 1. The largest absolute Gasteiger partial charge is 0.299 e. The van der Waals surface area contributed by atoms with E-state index >= 15 is 0 Å². The molecule has 1 aromatic rings. The zero-order chi connectivity index (χ0) is 13.7. The van der Waals surface area contributed by atoms with Crippen molar-refractivity contribution in [3.05, 3.63) is 39.4 Å². The van der Waals surface area contributed by atoms with E-state index in [1.807, 2.05) is 0 Å². The van der Waals surface area contributed by atoms with Crippen LogP contribution in [0.25, 0.3) is 0 Å². The number of carbonyl (C=O) groups excluding carboxylic acids is 1. The minimum atomic E-state index is -0.422. The number of carbonyl (C=O) groups is 1. The van der Waals surface area contributed by atoms with Gasteiger partial charge >= 0.3 is 0 Å². The van der Waals surface area contributed by atoms with Crippen molar-refractivity contribution in [1.82, 2.24) is 0 Å². The number of rotatable bonds is 5. The standard InChI is InChI=1S/C12H14N2O3S/c1-8-5-10(3-4-11(8)14(16)17)6-12(13)18-7-9(2)15/h3-5,13H,6-7H2,1-2H3. The molecule has 0 atom stereocenters. The van der Waals surface area contributed by atoms with Gasteiger partial charge in [-0.15, -0.1) is 11.8 Å². The van der Waals surface area contributed by atoms with Crippen LogP contribution in [0.4, 0.5) is 5.69 Å². The van der Waals surface area contributed by atoms with Crippen LogP contribution < -0.4 is 0 Å². The third-order valence-corrected chi connectivity index (χ3v) is 3.32. The molecular formula is C12H14N2O3S. The number of thioether (sulfide) groups is 1. The van der Waals surface area contributed by atoms with E-state index in [1.165, 1.54) is 24.8 Å². The number of benzene rings is 1. The molecule has 0 fully saturated rings. The first-order chi connectivity index (χ1) is 8.40. The van der Waals surface area contributed by atoms with Gasteiger partial charge in [-0.05, 0) is 25.5 Å². The quantitative estimate of drug-likeness (QED) is 0.384. The first-order valence-corrected chi connectivity index (χ1v) is 6.32. The molecule has 0 spiro atoms. The fourth-order valence-electron chi connectivity index (χ4n) is 1.46. The molecule has 1 rings (SSSR count). The first kappa shape index (κ1) is 14.4. The fraction of sp³-hybridized carbons (Fsp3) is 0.333. The van der Waals surface area contributed by atoms with Gasteiger partial charge in [-0.3, -0.25) is 20.3 Å². The summed E-state index contributed by atoms with van der Waals surface area (Å²) in [5.74, 6) is 0.328. The average Bonchev–Trinajstić information content (AvgIpc) is 2.26. The van der Waals surface area contributed by atoms with Crippen molar-refractivity contribution in [1.29, 1.82) is 5.41 Å². The number of hydrogen-bond acceptors (Lipinski definition) is 5. The Bertz CT molecular complexity index is 500. The van der Waals surface area contributed by atoms with E-state index in [9.17, 15) is 14.9 Å². The molecule has 0 radical (unpaired) electrons. The van der Waals surface area contributed by atoms with Gasteiger partial charge in [0.25, 0.3) is 5.69 Å². The van der Waals surface area contributed by atoms with E-state index in [-0.39, 0.29) is 11.5 Å². The monoisotopic (exact) mass is 266 g/mol. The molecule has 1 aromatic carbocycles. The zero-order valence-electron chi connectivity index (χ0n) is 10.2. The van der Waals surface area contributed by atoms with Crippen LogP contribution in [0.3, 0.4) is 0 Å². The van der Waals surface area contributed by atoms with Gasteiger partial charge in [0.1, 0.15) is 5.78 Å². The van der Waals surface area contributed by atoms with Gasteiger partial charge in [0.15, 0.2) is 0 Å². The number of ketones is 1. The van der Waals surface area contributed by atoms with E-state index in [0.29, 0.717) is 22.8 Å². The SMILES string of the molecule is CC(=O)CSC(=N)Cc1ccc([N+](=O)[O-])c(C)c1. The Balaban J connectivity index is 2.69. The van der Waals surface area contributed by atoms with Crippen molar-refractivity contribution in [3.8, 4) is 0 Å². The molecule has 5 nitrogen and oxygen atoms in total. The lowest BCUT2D eigenvalue weighted by Gasteiger charge is -2.04. The number of aryl methyl sites for hydroxylation is 1. The van der Waals surface area contributed by atoms with Crippen molar-refractivity contribution in [3.63, 3.8) is 0 Å². The Morgan fingerprint density at radius 2 is 2.17 bits per heavy atom. The number of hydrogen-bond donors (Lipinski definition) is 1. The van der Waals surface area contributed by atoms with Crippen LogP contribution in [0.5, 0.6) is 0 Å². The highest BCUT2D eigenvalue weighted by atomic mass is 32.2. The van der Waals surface area contributed by atoms with Gasteiger partial charge in [-0.25, -0.2) is 0 Å². The van der Waals surface area contributed by atoms with Crippen LogP contribution in [0.2, 0.25) is 0 Å². The van der Waals surface area contributed by atoms with Crippen molar-refractivity contribution in [2.45, 2.75) is 20.3 Å². The summed E-state index contributed by atoms with van der Waals surface area (Å²) in [6.45, 7) is 3.16. The Labute approximate surface area is 109 Å². The molecule has 0 saturated carbocycles. The molecule has 0 unspecified atom stereocenters. The number of nitro groups is 1. The summed E-state index contributed by atoms with van der Waals surface area (Å²) < 4.78 is 0. The van der Waals surface area contributed by atoms with E-state index in [2.05, 4.69) is 0 Å². The average molecular weight is 266 g/mol. The lowest BCUT2D eigenvalue weighted by Crippen LogP contribution is -2.03. The van der Waals surface area contributed by atoms with E-state index < -0.39 is 4.92 Å². The van der Waals surface area contributed by atoms with Crippen LogP contribution in [0.1, 0.15) is 18.1 Å². The van der Waals surface area contributed by atoms with Gasteiger partial charge in [-0.2, -0.15) is 0 Å². The Morgan fingerprint density at radius 1 is 1.50 bits per heavy atom. The van der Waals surface area contributed by atoms with Crippen LogP contribution in [-0.4, -0.2) is 21.5 Å². The van der Waals surface area contributed by atoms with Crippen molar-refractivity contribution in [2.24, 2.45) is 0 Å². The first-order valence-electron chi connectivity index (χ1n) is 5.33. The van der Waals surface area contributed by atoms with Gasteiger partial charge in [0, 0.05) is 18.1 Å². The number of nitrogens with zero attached hydrogens (tertiary/aromatic N) is 1. The van der Waals surface area contributed by atoms with Crippen molar-refractivity contribution in [2.75, 3.05) is 5.75 Å². The molecule has 0 aliphatic heterocycles. The summed E-state index contributed by atoms with van der Waals surface area (Å²) in [6, 6.07) is 4.81. The normalized spacial score (nSPS) is 10.1. The molecule has 0 bridgehead atoms. The molecule has 6 heteroatoms. The fourth-order valence-corrected chi connectivity index (χ4v) is 2.10. The summed E-state index contributed by atoms with van der Waals surface area (Å²) in [6.07, 6.45) is 0.400. The molecule has 96 valence electrons. The highest BCUT2D eigenvalue weighted by Crippen LogP contribution is 2.20. The summed E-state index contributed by atoms with van der Waals surface area (Å²) in [5, 5.41) is 18.7. The minimum absolute atomic E-state index is 0.0321. The third-order valence-electron chi connectivity index (χ3n) is 2.27. The van der Waals surface area contributed by atoms with Crippen LogP contribution in [0, 0.1) is 22.4 Å². The summed E-state index contributed by atoms with van der Waals surface area (Å²) in [4.78, 5) is 21.0. The maximum Gasteiger partial charge on any atom is 0.272 e. The lowest BCUT2D eigenvalue weighted by molar-refractivity contribution is -0.385. The molecule has 0 amide bonds. The van der Waals surface area contributed by atoms with Crippen LogP contribution in [-0.2, 0) is 11.2 Å². The van der Waals surface area contributed by atoms with Crippen LogP contribution >= 0.6 is 11.8 Å². The molecule has 0 aliphatic carbocycles. The highest BCUT2D eigenvalue weighted by Gasteiger charge is 2.11. The third kappa shape index (κ3) is 4.29. The second-order valence-electron chi connectivity index (χ2n) is 3.97. The maximum atomic E-state index is 10.8. The second-order valence-corrected chi connectivity index (χ2v) is 5.04. The van der Waals surface area contributed by atoms with E-state index in [4.69, 9.17) is 5.41 Å². The van der Waals surface area contributed by atoms with Gasteiger partial charge < -0.3 is 0 Å². The molecule has 0 aromatic heterocycles. The summed E-state index contributed by atoms with van der Waals surface area (Å²) in [7, 11) is 0. The molecule has 0 saturated heterocycles. The van der Waals surface area contributed by atoms with Crippen molar-refractivity contribution >= 4 is 28.3 Å². The number of Topliss-reactive ketones (excluding diaryl/α,β-unsaturated/α-hetero) is 1. The molecule has 18 heavy (non-hydrogen) atoms. The Kier molecular flexibility index (Phi) is 5.03. The van der Waals surface area contributed by atoms with Gasteiger partial charge in [0.2, 0.25) is 0 Å². The summed E-state index contributed by atoms with van der Waals surface area (Å²) >= 11 is 1.20. The minimum Gasteiger partial charge on any atom is -0.299 e. The van der Waals surface area contributed by atoms with E-state index in [0.717, 1.165) is 5.56 Å². The second kappa shape index (κ2) is 6.30. The van der Waals surface area contributed by atoms with Gasteiger partial charge in [0.05, 0.1) is 15.7 Å². The smallest absolute Gasteiger partial charge is 0.272 e. The molecule has 0 heterocycles. The maximum absolute atomic E-state index is 10.8. The van der Waals surface area contributed by atoms with Crippen molar-refractivity contribution < 1.29 is 9.72 Å². The van der Waals surface area contributed by atoms with Crippen LogP contribution in [0.15, 0.2) is 18.2 Å². The Hall–Kier alpha value is -1.69. The van der Waals surface area contributed by atoms with E-state index in [1.54, 1.807) is 19.1 Å².